The summed E-state index contributed by atoms with van der Waals surface area (Å²) in [6.07, 6.45) is 0.0709. The Morgan fingerprint density at radius 2 is 1.65 bits per heavy atom. The van der Waals surface area contributed by atoms with E-state index in [0.29, 0.717) is 11.3 Å². The normalized spacial score (nSPS) is 12.7. The fourth-order valence-electron chi connectivity index (χ4n) is 3.21. The molecule has 8 heteroatoms. The molecule has 0 saturated carbocycles. The number of amides is 2. The molecule has 31 heavy (non-hydrogen) atoms. The van der Waals surface area contributed by atoms with Gasteiger partial charge in [0.25, 0.3) is 0 Å². The molecule has 160 valence electrons. The smallest absolute Gasteiger partial charge is 0.326 e. The summed E-state index contributed by atoms with van der Waals surface area (Å²) < 4.78 is 13.1. The minimum Gasteiger partial charge on any atom is -0.480 e. The van der Waals surface area contributed by atoms with Crippen molar-refractivity contribution in [2.24, 2.45) is 0 Å². The number of nitrogens with one attached hydrogen (secondary N) is 2. The number of fused-ring (bicyclic) bond motifs is 1. The maximum atomic E-state index is 13.1. The Morgan fingerprint density at radius 1 is 0.935 bits per heavy atom. The van der Waals surface area contributed by atoms with Gasteiger partial charge in [-0.1, -0.05) is 36.4 Å². The van der Waals surface area contributed by atoms with Crippen LogP contribution in [0.5, 0.6) is 0 Å². The van der Waals surface area contributed by atoms with Gasteiger partial charge in [0, 0.05) is 30.8 Å². The van der Waals surface area contributed by atoms with E-state index in [1.54, 1.807) is 6.07 Å². The largest absolute Gasteiger partial charge is 0.480 e. The first kappa shape index (κ1) is 21.9. The fourth-order valence-corrected chi connectivity index (χ4v) is 3.21. The second-order valence-corrected chi connectivity index (χ2v) is 7.18. The average Bonchev–Trinajstić information content (AvgIpc) is 2.73. The Hall–Kier alpha value is -3.81. The number of nitrogens with zero attached hydrogens (tertiary/aromatic N) is 1. The van der Waals surface area contributed by atoms with Gasteiger partial charge in [0.2, 0.25) is 11.8 Å². The third-order valence-electron chi connectivity index (χ3n) is 4.73. The van der Waals surface area contributed by atoms with Crippen LogP contribution in [0.25, 0.3) is 10.9 Å². The third kappa shape index (κ3) is 6.08. The summed E-state index contributed by atoms with van der Waals surface area (Å²) in [6.45, 7) is 1.26. The lowest BCUT2D eigenvalue weighted by molar-refractivity contribution is -0.142. The highest BCUT2D eigenvalue weighted by Gasteiger charge is 2.27. The predicted molar refractivity (Wildman–Crippen MR) is 113 cm³/mol. The number of carbonyl (C=O) groups is 3. The molecule has 0 fully saturated rings. The molecule has 1 heterocycles. The first-order chi connectivity index (χ1) is 14.8. The zero-order valence-corrected chi connectivity index (χ0v) is 16.8. The van der Waals surface area contributed by atoms with Gasteiger partial charge in [0.15, 0.2) is 0 Å². The van der Waals surface area contributed by atoms with Crippen molar-refractivity contribution in [2.75, 3.05) is 0 Å². The van der Waals surface area contributed by atoms with E-state index < -0.39 is 35.7 Å². The molecule has 0 bridgehead atoms. The van der Waals surface area contributed by atoms with E-state index in [-0.39, 0.29) is 12.8 Å². The number of hydrogen-bond acceptors (Lipinski definition) is 4. The summed E-state index contributed by atoms with van der Waals surface area (Å²) >= 11 is 0. The van der Waals surface area contributed by atoms with E-state index in [4.69, 9.17) is 0 Å². The number of aliphatic carboxylic acids is 1. The van der Waals surface area contributed by atoms with Crippen LogP contribution in [0.3, 0.4) is 0 Å². The van der Waals surface area contributed by atoms with Crippen molar-refractivity contribution in [1.82, 2.24) is 15.6 Å². The minimum absolute atomic E-state index is 0.0186. The molecule has 0 radical (unpaired) electrons. The summed E-state index contributed by atoms with van der Waals surface area (Å²) in [5.74, 6) is -2.72. The van der Waals surface area contributed by atoms with Crippen LogP contribution >= 0.6 is 0 Å². The number of carboxylic acids is 1. The van der Waals surface area contributed by atoms with Crippen LogP contribution in [0, 0.1) is 5.82 Å². The highest BCUT2D eigenvalue weighted by molar-refractivity contribution is 5.90. The van der Waals surface area contributed by atoms with Crippen LogP contribution in [-0.4, -0.2) is 40.0 Å². The van der Waals surface area contributed by atoms with E-state index >= 15 is 0 Å². The topological polar surface area (TPSA) is 108 Å². The standard InChI is InChI=1S/C23H22FN3O4/c1-14(28)25-20(12-15-6-9-17(24)10-7-15)22(29)27-21(23(30)31)13-18-11-8-16-4-2-3-5-19(16)26-18/h2-11,20-21H,12-13H2,1H3,(H,25,28)(H,27,29)(H,30,31)/t20-,21-/m1/s1. The predicted octanol–water partition coefficient (Wildman–Crippen LogP) is 2.23. The van der Waals surface area contributed by atoms with Crippen molar-refractivity contribution in [1.29, 1.82) is 0 Å². The molecular weight excluding hydrogens is 401 g/mol. The van der Waals surface area contributed by atoms with E-state index in [0.717, 1.165) is 10.9 Å². The molecule has 2 atom stereocenters. The van der Waals surface area contributed by atoms with Gasteiger partial charge in [0.05, 0.1) is 5.52 Å². The molecule has 0 aliphatic heterocycles. The third-order valence-corrected chi connectivity index (χ3v) is 4.73. The Morgan fingerprint density at radius 3 is 2.32 bits per heavy atom. The van der Waals surface area contributed by atoms with Crippen LogP contribution in [0.2, 0.25) is 0 Å². The van der Waals surface area contributed by atoms with Gasteiger partial charge >= 0.3 is 5.97 Å². The number of aromatic nitrogens is 1. The van der Waals surface area contributed by atoms with Crippen LogP contribution in [0.15, 0.2) is 60.7 Å². The summed E-state index contributed by atoms with van der Waals surface area (Å²) in [5, 5.41) is 15.5. The van der Waals surface area contributed by atoms with E-state index in [2.05, 4.69) is 15.6 Å². The van der Waals surface area contributed by atoms with Gasteiger partial charge in [-0.05, 0) is 29.8 Å². The van der Waals surface area contributed by atoms with Gasteiger partial charge in [-0.2, -0.15) is 0 Å². The Kier molecular flexibility index (Phi) is 6.92. The molecule has 3 aromatic rings. The molecule has 1 aromatic heterocycles. The van der Waals surface area contributed by atoms with Gasteiger partial charge < -0.3 is 15.7 Å². The second-order valence-electron chi connectivity index (χ2n) is 7.18. The number of pyridine rings is 1. The Labute approximate surface area is 178 Å². The Balaban J connectivity index is 1.74. The van der Waals surface area contributed by atoms with Crippen LogP contribution in [-0.2, 0) is 27.2 Å². The van der Waals surface area contributed by atoms with Crippen molar-refractivity contribution in [3.05, 3.63) is 77.7 Å². The molecule has 0 spiro atoms. The number of para-hydroxylation sites is 1. The zero-order chi connectivity index (χ0) is 22.4. The zero-order valence-electron chi connectivity index (χ0n) is 16.8. The molecule has 2 aromatic carbocycles. The van der Waals surface area contributed by atoms with Gasteiger partial charge in [-0.15, -0.1) is 0 Å². The summed E-state index contributed by atoms with van der Waals surface area (Å²) in [5.41, 5.74) is 1.86. The number of rotatable bonds is 8. The number of benzene rings is 2. The van der Waals surface area contributed by atoms with Gasteiger partial charge in [0.1, 0.15) is 17.9 Å². The Bertz CT molecular complexity index is 1100. The van der Waals surface area contributed by atoms with E-state index in [1.807, 2.05) is 30.3 Å². The highest BCUT2D eigenvalue weighted by atomic mass is 19.1. The SMILES string of the molecule is CC(=O)N[C@H](Cc1ccc(F)cc1)C(=O)N[C@H](Cc1ccc2ccccc2n1)C(=O)O. The van der Waals surface area contributed by atoms with Crippen molar-refractivity contribution in [3.8, 4) is 0 Å². The lowest BCUT2D eigenvalue weighted by atomic mass is 10.0. The van der Waals surface area contributed by atoms with Crippen molar-refractivity contribution < 1.29 is 23.9 Å². The second kappa shape index (κ2) is 9.80. The monoisotopic (exact) mass is 423 g/mol. The number of halogens is 1. The summed E-state index contributed by atoms with van der Waals surface area (Å²) in [6, 6.07) is 14.3. The molecule has 3 N–H and O–H groups in total. The van der Waals surface area contributed by atoms with Crippen LogP contribution in [0.4, 0.5) is 4.39 Å². The molecule has 0 saturated heterocycles. The van der Waals surface area contributed by atoms with Crippen LogP contribution < -0.4 is 10.6 Å². The molecule has 2 amide bonds. The van der Waals surface area contributed by atoms with Crippen molar-refractivity contribution in [3.63, 3.8) is 0 Å². The maximum absolute atomic E-state index is 13.1. The average molecular weight is 423 g/mol. The van der Waals surface area contributed by atoms with E-state index in [9.17, 15) is 23.9 Å². The highest BCUT2D eigenvalue weighted by Crippen LogP contribution is 2.13. The van der Waals surface area contributed by atoms with Crippen LogP contribution in [0.1, 0.15) is 18.2 Å². The molecule has 3 rings (SSSR count). The van der Waals surface area contributed by atoms with Gasteiger partial charge in [-0.3, -0.25) is 14.6 Å². The molecule has 0 aliphatic carbocycles. The summed E-state index contributed by atoms with van der Waals surface area (Å²) in [7, 11) is 0. The lowest BCUT2D eigenvalue weighted by Gasteiger charge is -2.21. The lowest BCUT2D eigenvalue weighted by Crippen LogP contribution is -2.52. The van der Waals surface area contributed by atoms with Gasteiger partial charge in [-0.25, -0.2) is 9.18 Å². The maximum Gasteiger partial charge on any atom is 0.326 e. The molecule has 0 unspecified atom stereocenters. The van der Waals surface area contributed by atoms with Crippen molar-refractivity contribution >= 4 is 28.7 Å². The van der Waals surface area contributed by atoms with E-state index in [1.165, 1.54) is 31.2 Å². The number of hydrogen-bond donors (Lipinski definition) is 3. The first-order valence-corrected chi connectivity index (χ1v) is 9.71. The number of carbonyl (C=O) groups excluding carboxylic acids is 2. The molecular formula is C23H22FN3O4. The quantitative estimate of drug-likeness (QED) is 0.515. The molecule has 7 nitrogen and oxygen atoms in total. The van der Waals surface area contributed by atoms with Crippen molar-refractivity contribution in [2.45, 2.75) is 31.8 Å². The number of carboxylic acid groups (broad SMARTS) is 1. The summed E-state index contributed by atoms with van der Waals surface area (Å²) in [4.78, 5) is 40.6. The molecule has 0 aliphatic rings. The minimum atomic E-state index is -1.23. The first-order valence-electron chi connectivity index (χ1n) is 9.71. The fraction of sp³-hybridized carbons (Fsp3) is 0.217.